The molecule has 1 saturated heterocycles. The number of hydrogen-bond acceptors (Lipinski definition) is 5. The quantitative estimate of drug-likeness (QED) is 0.696. The van der Waals surface area contributed by atoms with Crippen LogP contribution in [0.15, 0.2) is 30.3 Å². The lowest BCUT2D eigenvalue weighted by Gasteiger charge is -2.26. The third kappa shape index (κ3) is 5.06. The predicted octanol–water partition coefficient (Wildman–Crippen LogP) is 4.06. The van der Waals surface area contributed by atoms with Crippen molar-refractivity contribution in [2.75, 3.05) is 33.4 Å². The maximum atomic E-state index is 5.92. The highest BCUT2D eigenvalue weighted by molar-refractivity contribution is 6.29. The molecule has 134 valence electrons. The van der Waals surface area contributed by atoms with E-state index in [2.05, 4.69) is 15.1 Å². The number of likely N-dealkylation sites (tertiary alicyclic amines) is 1. The summed E-state index contributed by atoms with van der Waals surface area (Å²) in [5.41, 5.74) is 1.67. The van der Waals surface area contributed by atoms with Crippen molar-refractivity contribution in [3.63, 3.8) is 0 Å². The van der Waals surface area contributed by atoms with E-state index in [0.717, 1.165) is 30.0 Å². The molecular formula is C19H24ClN3O2. The molecule has 2 heterocycles. The summed E-state index contributed by atoms with van der Waals surface area (Å²) < 4.78 is 11.4. The first-order valence-electron chi connectivity index (χ1n) is 8.79. The molecule has 0 N–H and O–H groups in total. The summed E-state index contributed by atoms with van der Waals surface area (Å²) in [6.07, 6.45) is 5.04. The molecule has 0 saturated carbocycles. The molecule has 0 amide bonds. The molecule has 1 fully saturated rings. The number of methoxy groups -OCH3 is 1. The molecule has 2 aromatic rings. The standard InChI is InChI=1S/C19H24ClN3O2/c1-24-18-14-15(16-7-9-19(20)22-21-16)6-8-17(18)25-13-5-12-23-10-3-2-4-11-23/h6-9,14H,2-5,10-13H2,1H3. The highest BCUT2D eigenvalue weighted by Crippen LogP contribution is 2.32. The van der Waals surface area contributed by atoms with E-state index in [4.69, 9.17) is 21.1 Å². The molecule has 0 radical (unpaired) electrons. The third-order valence-corrected chi connectivity index (χ3v) is 4.62. The van der Waals surface area contributed by atoms with Crippen LogP contribution in [0.3, 0.4) is 0 Å². The van der Waals surface area contributed by atoms with Crippen LogP contribution in [-0.4, -0.2) is 48.4 Å². The van der Waals surface area contributed by atoms with E-state index < -0.39 is 0 Å². The lowest BCUT2D eigenvalue weighted by Crippen LogP contribution is -2.31. The predicted molar refractivity (Wildman–Crippen MR) is 99.4 cm³/mol. The second kappa shape index (κ2) is 9.02. The Morgan fingerprint density at radius 1 is 1.04 bits per heavy atom. The van der Waals surface area contributed by atoms with E-state index >= 15 is 0 Å². The van der Waals surface area contributed by atoms with Gasteiger partial charge < -0.3 is 14.4 Å². The average Bonchev–Trinajstić information content (AvgIpc) is 2.67. The molecule has 3 rings (SSSR count). The van der Waals surface area contributed by atoms with E-state index in [-0.39, 0.29) is 0 Å². The summed E-state index contributed by atoms with van der Waals surface area (Å²) in [4.78, 5) is 2.52. The van der Waals surface area contributed by atoms with Crippen molar-refractivity contribution in [1.29, 1.82) is 0 Å². The maximum absolute atomic E-state index is 5.92. The number of halogens is 1. The molecule has 0 bridgehead atoms. The van der Waals surface area contributed by atoms with E-state index in [1.54, 1.807) is 13.2 Å². The first kappa shape index (κ1) is 18.0. The second-order valence-electron chi connectivity index (χ2n) is 6.21. The van der Waals surface area contributed by atoms with Crippen molar-refractivity contribution in [2.45, 2.75) is 25.7 Å². The van der Waals surface area contributed by atoms with E-state index in [1.807, 2.05) is 24.3 Å². The average molecular weight is 362 g/mol. The first-order valence-corrected chi connectivity index (χ1v) is 9.17. The minimum atomic E-state index is 0.379. The van der Waals surface area contributed by atoms with Gasteiger partial charge in [-0.25, -0.2) is 0 Å². The topological polar surface area (TPSA) is 47.5 Å². The second-order valence-corrected chi connectivity index (χ2v) is 6.60. The fourth-order valence-electron chi connectivity index (χ4n) is 3.07. The Morgan fingerprint density at radius 3 is 2.60 bits per heavy atom. The van der Waals surface area contributed by atoms with Crippen molar-refractivity contribution in [2.24, 2.45) is 0 Å². The van der Waals surface area contributed by atoms with Gasteiger partial charge >= 0.3 is 0 Å². The van der Waals surface area contributed by atoms with Gasteiger partial charge in [-0.2, -0.15) is 0 Å². The molecule has 1 aromatic carbocycles. The molecule has 25 heavy (non-hydrogen) atoms. The van der Waals surface area contributed by atoms with Crippen LogP contribution in [0.4, 0.5) is 0 Å². The Hall–Kier alpha value is -1.85. The van der Waals surface area contributed by atoms with Crippen LogP contribution < -0.4 is 9.47 Å². The van der Waals surface area contributed by atoms with E-state index in [0.29, 0.717) is 17.5 Å². The Labute approximate surface area is 153 Å². The Bertz CT molecular complexity index is 673. The first-order chi connectivity index (χ1) is 12.3. The number of rotatable bonds is 7. The number of benzene rings is 1. The van der Waals surface area contributed by atoms with Crippen molar-refractivity contribution < 1.29 is 9.47 Å². The summed E-state index contributed by atoms with van der Waals surface area (Å²) in [5.74, 6) is 1.46. The van der Waals surface area contributed by atoms with Gasteiger partial charge in [-0.1, -0.05) is 18.0 Å². The van der Waals surface area contributed by atoms with E-state index in [9.17, 15) is 0 Å². The number of ether oxygens (including phenoxy) is 2. The zero-order chi connectivity index (χ0) is 17.5. The lowest BCUT2D eigenvalue weighted by molar-refractivity contribution is 0.203. The van der Waals surface area contributed by atoms with Crippen LogP contribution in [0.2, 0.25) is 5.15 Å². The summed E-state index contributed by atoms with van der Waals surface area (Å²) in [6, 6.07) is 9.36. The summed E-state index contributed by atoms with van der Waals surface area (Å²) >= 11 is 5.79. The SMILES string of the molecule is COc1cc(-c2ccc(Cl)nn2)ccc1OCCCN1CCCCC1. The van der Waals surface area contributed by atoms with Crippen LogP contribution in [0.5, 0.6) is 11.5 Å². The Morgan fingerprint density at radius 2 is 1.88 bits per heavy atom. The van der Waals surface area contributed by atoms with Gasteiger partial charge in [0.1, 0.15) is 0 Å². The lowest BCUT2D eigenvalue weighted by atomic mass is 10.1. The van der Waals surface area contributed by atoms with Gasteiger partial charge in [0.05, 0.1) is 19.4 Å². The smallest absolute Gasteiger partial charge is 0.161 e. The Kier molecular flexibility index (Phi) is 6.48. The van der Waals surface area contributed by atoms with Crippen molar-refractivity contribution in [3.05, 3.63) is 35.5 Å². The van der Waals surface area contributed by atoms with Gasteiger partial charge in [0.15, 0.2) is 16.7 Å². The van der Waals surface area contributed by atoms with Crippen LogP contribution in [-0.2, 0) is 0 Å². The van der Waals surface area contributed by atoms with Crippen LogP contribution in [0.1, 0.15) is 25.7 Å². The molecule has 0 aliphatic carbocycles. The molecule has 0 atom stereocenters. The number of aromatic nitrogens is 2. The van der Waals surface area contributed by atoms with E-state index in [1.165, 1.54) is 32.4 Å². The number of piperidine rings is 1. The van der Waals surface area contributed by atoms with Crippen molar-refractivity contribution >= 4 is 11.6 Å². The molecule has 1 aliphatic rings. The third-order valence-electron chi connectivity index (χ3n) is 4.42. The number of hydrogen-bond donors (Lipinski definition) is 0. The molecule has 0 spiro atoms. The minimum absolute atomic E-state index is 0.379. The molecule has 1 aliphatic heterocycles. The van der Waals surface area contributed by atoms with Gasteiger partial charge in [0.2, 0.25) is 0 Å². The van der Waals surface area contributed by atoms with Crippen molar-refractivity contribution in [3.8, 4) is 22.8 Å². The van der Waals surface area contributed by atoms with Gasteiger partial charge in [-0.15, -0.1) is 10.2 Å². The molecule has 5 nitrogen and oxygen atoms in total. The van der Waals surface area contributed by atoms with Crippen LogP contribution in [0.25, 0.3) is 11.3 Å². The largest absolute Gasteiger partial charge is 0.493 e. The molecule has 0 unspecified atom stereocenters. The van der Waals surface area contributed by atoms with Gasteiger partial charge in [-0.3, -0.25) is 0 Å². The van der Waals surface area contributed by atoms with Crippen LogP contribution >= 0.6 is 11.6 Å². The normalized spacial score (nSPS) is 15.1. The zero-order valence-corrected chi connectivity index (χ0v) is 15.3. The van der Waals surface area contributed by atoms with Gasteiger partial charge in [0, 0.05) is 12.1 Å². The number of nitrogens with zero attached hydrogens (tertiary/aromatic N) is 3. The van der Waals surface area contributed by atoms with Crippen molar-refractivity contribution in [1.82, 2.24) is 15.1 Å². The zero-order valence-electron chi connectivity index (χ0n) is 14.6. The highest BCUT2D eigenvalue weighted by atomic mass is 35.5. The fraction of sp³-hybridized carbons (Fsp3) is 0.474. The summed E-state index contributed by atoms with van der Waals surface area (Å²) in [5, 5.41) is 8.35. The molecule has 1 aromatic heterocycles. The monoisotopic (exact) mass is 361 g/mol. The van der Waals surface area contributed by atoms with Crippen LogP contribution in [0, 0.1) is 0 Å². The Balaban J connectivity index is 1.57. The molecular weight excluding hydrogens is 338 g/mol. The molecule has 6 heteroatoms. The van der Waals surface area contributed by atoms with Gasteiger partial charge in [0.25, 0.3) is 0 Å². The minimum Gasteiger partial charge on any atom is -0.493 e. The summed E-state index contributed by atoms with van der Waals surface area (Å²) in [6.45, 7) is 4.23. The highest BCUT2D eigenvalue weighted by Gasteiger charge is 2.11. The summed E-state index contributed by atoms with van der Waals surface area (Å²) in [7, 11) is 1.65. The maximum Gasteiger partial charge on any atom is 0.161 e. The fourth-order valence-corrected chi connectivity index (χ4v) is 3.17. The van der Waals surface area contributed by atoms with Gasteiger partial charge in [-0.05, 0) is 62.7 Å².